The molecule has 6 heteroatoms. The summed E-state index contributed by atoms with van der Waals surface area (Å²) in [5, 5.41) is 7.74. The highest BCUT2D eigenvalue weighted by atomic mass is 32.2. The number of nitrogens with one attached hydrogen (secondary N) is 1. The second-order valence-electron chi connectivity index (χ2n) is 6.08. The highest BCUT2D eigenvalue weighted by Crippen LogP contribution is 2.18. The summed E-state index contributed by atoms with van der Waals surface area (Å²) >= 11 is 0. The molecule has 0 atom stereocenters. The third-order valence-corrected chi connectivity index (χ3v) is 6.17. The molecule has 0 radical (unpaired) electrons. The van der Waals surface area contributed by atoms with Gasteiger partial charge in [-0.1, -0.05) is 6.92 Å². The fourth-order valence-corrected chi connectivity index (χ4v) is 3.00. The Kier molecular flexibility index (Phi) is 5.38. The molecule has 0 spiro atoms. The van der Waals surface area contributed by atoms with Crippen LogP contribution < -0.4 is 5.32 Å². The summed E-state index contributed by atoms with van der Waals surface area (Å²) < 4.78 is 25.4. The minimum Gasteiger partial charge on any atom is -0.313 e. The molecule has 0 unspecified atom stereocenters. The lowest BCUT2D eigenvalue weighted by Crippen LogP contribution is -2.32. The average Bonchev–Trinajstić information content (AvgIpc) is 2.58. The first-order chi connectivity index (χ1) is 9.10. The topological polar surface area (TPSA) is 64.0 Å². The second kappa shape index (κ2) is 6.26. The Morgan fingerprint density at radius 3 is 2.35 bits per heavy atom. The molecule has 0 aromatic carbocycles. The summed E-state index contributed by atoms with van der Waals surface area (Å²) in [6, 6.07) is 0. The van der Waals surface area contributed by atoms with Crippen LogP contribution in [0.15, 0.2) is 0 Å². The van der Waals surface area contributed by atoms with Gasteiger partial charge in [0, 0.05) is 17.8 Å². The van der Waals surface area contributed by atoms with Gasteiger partial charge in [-0.2, -0.15) is 5.10 Å². The van der Waals surface area contributed by atoms with Gasteiger partial charge in [0.2, 0.25) is 0 Å². The van der Waals surface area contributed by atoms with Crippen molar-refractivity contribution in [2.75, 3.05) is 12.3 Å². The van der Waals surface area contributed by atoms with Crippen LogP contribution in [0.3, 0.4) is 0 Å². The zero-order chi connectivity index (χ0) is 15.6. The van der Waals surface area contributed by atoms with Gasteiger partial charge in [0.25, 0.3) is 0 Å². The highest BCUT2D eigenvalue weighted by molar-refractivity contribution is 7.92. The molecule has 1 N–H and O–H groups in total. The number of hydrogen-bond acceptors (Lipinski definition) is 4. The molecule has 1 rings (SSSR count). The molecule has 1 aromatic heterocycles. The smallest absolute Gasteiger partial charge is 0.157 e. The van der Waals surface area contributed by atoms with E-state index in [9.17, 15) is 8.42 Å². The molecule has 5 nitrogen and oxygen atoms in total. The fourth-order valence-electron chi connectivity index (χ4n) is 1.97. The molecule has 1 aromatic rings. The molecule has 0 saturated carbocycles. The van der Waals surface area contributed by atoms with E-state index < -0.39 is 14.6 Å². The number of aromatic nitrogens is 2. The third kappa shape index (κ3) is 3.82. The number of rotatable bonds is 6. The zero-order valence-electron chi connectivity index (χ0n) is 13.4. The largest absolute Gasteiger partial charge is 0.313 e. The van der Waals surface area contributed by atoms with E-state index in [0.717, 1.165) is 24.5 Å². The van der Waals surface area contributed by atoms with E-state index in [2.05, 4.69) is 17.3 Å². The molecule has 1 heterocycles. The van der Waals surface area contributed by atoms with E-state index in [1.165, 1.54) is 5.56 Å². The molecule has 0 fully saturated rings. The van der Waals surface area contributed by atoms with E-state index in [1.54, 1.807) is 20.8 Å². The van der Waals surface area contributed by atoms with Crippen LogP contribution in [-0.4, -0.2) is 35.2 Å². The van der Waals surface area contributed by atoms with Gasteiger partial charge in [0.1, 0.15) is 0 Å². The van der Waals surface area contributed by atoms with Crippen molar-refractivity contribution in [3.63, 3.8) is 0 Å². The first-order valence-electron chi connectivity index (χ1n) is 7.06. The summed E-state index contributed by atoms with van der Waals surface area (Å²) in [6.07, 6.45) is 0. The number of hydrogen-bond donors (Lipinski definition) is 1. The first kappa shape index (κ1) is 17.2. The lowest BCUT2D eigenvalue weighted by atomic mass is 10.2. The number of nitrogens with zero attached hydrogens (tertiary/aromatic N) is 2. The quantitative estimate of drug-likeness (QED) is 0.870. The Hall–Kier alpha value is -0.880. The predicted molar refractivity (Wildman–Crippen MR) is 82.6 cm³/mol. The van der Waals surface area contributed by atoms with Gasteiger partial charge in [-0.25, -0.2) is 8.42 Å². The van der Waals surface area contributed by atoms with Crippen molar-refractivity contribution in [2.24, 2.45) is 0 Å². The Balaban J connectivity index is 2.85. The van der Waals surface area contributed by atoms with Gasteiger partial charge in [-0.15, -0.1) is 0 Å². The van der Waals surface area contributed by atoms with Crippen molar-refractivity contribution in [1.82, 2.24) is 15.1 Å². The van der Waals surface area contributed by atoms with Crippen molar-refractivity contribution < 1.29 is 8.42 Å². The SMILES string of the molecule is CCNCc1c(C)nn(CCS(=O)(=O)C(C)(C)C)c1C. The van der Waals surface area contributed by atoms with Crippen molar-refractivity contribution in [1.29, 1.82) is 0 Å². The minimum absolute atomic E-state index is 0.124. The van der Waals surface area contributed by atoms with E-state index >= 15 is 0 Å². The minimum atomic E-state index is -3.11. The van der Waals surface area contributed by atoms with Crippen LogP contribution in [0.1, 0.15) is 44.6 Å². The summed E-state index contributed by atoms with van der Waals surface area (Å²) in [7, 11) is -3.11. The van der Waals surface area contributed by atoms with E-state index in [4.69, 9.17) is 0 Å². The Bertz CT molecular complexity index is 554. The number of sulfone groups is 1. The average molecular weight is 301 g/mol. The van der Waals surface area contributed by atoms with Crippen molar-refractivity contribution in [2.45, 2.75) is 59.4 Å². The molecule has 0 saturated heterocycles. The van der Waals surface area contributed by atoms with E-state index in [1.807, 2.05) is 18.5 Å². The summed E-state index contributed by atoms with van der Waals surface area (Å²) in [4.78, 5) is 0. The molecular formula is C14H27N3O2S. The summed E-state index contributed by atoms with van der Waals surface area (Å²) in [5.41, 5.74) is 3.18. The predicted octanol–water partition coefficient (Wildman–Crippen LogP) is 1.82. The molecule has 0 aliphatic carbocycles. The van der Waals surface area contributed by atoms with E-state index in [-0.39, 0.29) is 5.75 Å². The van der Waals surface area contributed by atoms with Gasteiger partial charge in [-0.05, 0) is 41.2 Å². The number of aryl methyl sites for hydroxylation is 2. The van der Waals surface area contributed by atoms with Crippen molar-refractivity contribution in [3.05, 3.63) is 17.0 Å². The normalized spacial score (nSPS) is 12.9. The van der Waals surface area contributed by atoms with Crippen LogP contribution in [0.5, 0.6) is 0 Å². The van der Waals surface area contributed by atoms with Crippen LogP contribution in [0, 0.1) is 13.8 Å². The third-order valence-electron chi connectivity index (χ3n) is 3.59. The molecule has 0 bridgehead atoms. The van der Waals surface area contributed by atoms with Crippen LogP contribution in [0.4, 0.5) is 0 Å². The van der Waals surface area contributed by atoms with Crippen LogP contribution >= 0.6 is 0 Å². The van der Waals surface area contributed by atoms with Crippen LogP contribution in [-0.2, 0) is 22.9 Å². The maximum absolute atomic E-state index is 12.1. The Morgan fingerprint density at radius 1 is 1.25 bits per heavy atom. The van der Waals surface area contributed by atoms with Crippen LogP contribution in [0.2, 0.25) is 0 Å². The maximum Gasteiger partial charge on any atom is 0.157 e. The van der Waals surface area contributed by atoms with Gasteiger partial charge < -0.3 is 5.32 Å². The van der Waals surface area contributed by atoms with Gasteiger partial charge in [-0.3, -0.25) is 4.68 Å². The van der Waals surface area contributed by atoms with Gasteiger partial charge in [0.05, 0.1) is 22.7 Å². The first-order valence-corrected chi connectivity index (χ1v) is 8.71. The molecule has 0 aliphatic heterocycles. The molecule has 20 heavy (non-hydrogen) atoms. The monoisotopic (exact) mass is 301 g/mol. The van der Waals surface area contributed by atoms with Crippen molar-refractivity contribution >= 4 is 9.84 Å². The Labute approximate surface area is 122 Å². The highest BCUT2D eigenvalue weighted by Gasteiger charge is 2.28. The maximum atomic E-state index is 12.1. The standard InChI is InChI=1S/C14H27N3O2S/c1-7-15-10-13-11(2)16-17(12(13)3)8-9-20(18,19)14(4,5)6/h15H,7-10H2,1-6H3. The second-order valence-corrected chi connectivity index (χ2v) is 8.95. The zero-order valence-corrected chi connectivity index (χ0v) is 14.3. The van der Waals surface area contributed by atoms with Crippen LogP contribution in [0.25, 0.3) is 0 Å². The van der Waals surface area contributed by atoms with Gasteiger partial charge >= 0.3 is 0 Å². The van der Waals surface area contributed by atoms with E-state index in [0.29, 0.717) is 6.54 Å². The fraction of sp³-hybridized carbons (Fsp3) is 0.786. The summed E-state index contributed by atoms with van der Waals surface area (Å²) in [5.74, 6) is 0.124. The lowest BCUT2D eigenvalue weighted by Gasteiger charge is -2.19. The molecular weight excluding hydrogens is 274 g/mol. The Morgan fingerprint density at radius 2 is 1.85 bits per heavy atom. The molecule has 0 amide bonds. The molecule has 0 aliphatic rings. The lowest BCUT2D eigenvalue weighted by molar-refractivity contribution is 0.545. The summed E-state index contributed by atoms with van der Waals surface area (Å²) in [6.45, 7) is 13.3. The van der Waals surface area contributed by atoms with Gasteiger partial charge in [0.15, 0.2) is 9.84 Å². The van der Waals surface area contributed by atoms with Crippen molar-refractivity contribution in [3.8, 4) is 0 Å². The molecule has 116 valence electrons.